The second-order valence-corrected chi connectivity index (χ2v) is 8.87. The summed E-state index contributed by atoms with van der Waals surface area (Å²) < 4.78 is 0. The zero-order valence-corrected chi connectivity index (χ0v) is 15.7. The van der Waals surface area contributed by atoms with E-state index in [1.807, 2.05) is 5.38 Å². The standard InChI is InChI=1S/C19H22ClNO2S/c1-19(2,3)11-4-6-13-14(10-24-17(13)8-11)18(23)21-15-9-12(20)5-7-16(15)22/h5,7,9-11,22H,4,6,8H2,1-3H3,(H,21,23). The molecule has 1 aliphatic carbocycles. The Bertz CT molecular complexity index is 776. The van der Waals surface area contributed by atoms with Crippen molar-refractivity contribution in [1.82, 2.24) is 0 Å². The van der Waals surface area contributed by atoms with Crippen molar-refractivity contribution in [3.63, 3.8) is 0 Å². The maximum atomic E-state index is 12.6. The van der Waals surface area contributed by atoms with Crippen molar-refractivity contribution in [3.8, 4) is 5.75 Å². The van der Waals surface area contributed by atoms with Crippen LogP contribution in [0.4, 0.5) is 5.69 Å². The van der Waals surface area contributed by atoms with E-state index in [1.165, 1.54) is 16.5 Å². The highest BCUT2D eigenvalue weighted by Gasteiger charge is 2.31. The molecule has 1 heterocycles. The molecule has 0 radical (unpaired) electrons. The van der Waals surface area contributed by atoms with Crippen LogP contribution in [0.1, 0.15) is 48.0 Å². The summed E-state index contributed by atoms with van der Waals surface area (Å²) in [4.78, 5) is 14.0. The van der Waals surface area contributed by atoms with Crippen LogP contribution in [0.3, 0.4) is 0 Å². The number of amides is 1. The van der Waals surface area contributed by atoms with Crippen molar-refractivity contribution >= 4 is 34.5 Å². The summed E-state index contributed by atoms with van der Waals surface area (Å²) >= 11 is 7.61. The molecule has 3 nitrogen and oxygen atoms in total. The number of anilines is 1. The topological polar surface area (TPSA) is 49.3 Å². The smallest absolute Gasteiger partial charge is 0.256 e. The Morgan fingerprint density at radius 1 is 1.38 bits per heavy atom. The number of halogens is 1. The van der Waals surface area contributed by atoms with Gasteiger partial charge in [0.1, 0.15) is 5.75 Å². The lowest BCUT2D eigenvalue weighted by atomic mass is 9.72. The van der Waals surface area contributed by atoms with E-state index in [1.54, 1.807) is 23.5 Å². The molecule has 1 amide bonds. The number of rotatable bonds is 2. The largest absolute Gasteiger partial charge is 0.506 e. The van der Waals surface area contributed by atoms with Gasteiger partial charge in [0, 0.05) is 15.3 Å². The molecule has 0 bridgehead atoms. The van der Waals surface area contributed by atoms with Crippen molar-refractivity contribution < 1.29 is 9.90 Å². The van der Waals surface area contributed by atoms with Crippen LogP contribution < -0.4 is 5.32 Å². The Kier molecular flexibility index (Phi) is 4.63. The van der Waals surface area contributed by atoms with Crippen molar-refractivity contribution in [3.05, 3.63) is 44.6 Å². The van der Waals surface area contributed by atoms with Crippen LogP contribution in [0.2, 0.25) is 5.02 Å². The van der Waals surface area contributed by atoms with Gasteiger partial charge in [-0.3, -0.25) is 4.79 Å². The summed E-state index contributed by atoms with van der Waals surface area (Å²) in [6.45, 7) is 6.85. The lowest BCUT2D eigenvalue weighted by molar-refractivity contribution is 0.102. The number of aromatic hydroxyl groups is 1. The van der Waals surface area contributed by atoms with Gasteiger partial charge < -0.3 is 10.4 Å². The predicted molar refractivity (Wildman–Crippen MR) is 100 cm³/mol. The average Bonchev–Trinajstić information content (AvgIpc) is 2.93. The van der Waals surface area contributed by atoms with Gasteiger partial charge in [0.15, 0.2) is 0 Å². The van der Waals surface area contributed by atoms with E-state index < -0.39 is 0 Å². The van der Waals surface area contributed by atoms with Gasteiger partial charge in [-0.05, 0) is 54.4 Å². The lowest BCUT2D eigenvalue weighted by Crippen LogP contribution is -2.27. The molecule has 0 saturated carbocycles. The molecule has 5 heteroatoms. The second kappa shape index (κ2) is 6.41. The number of thiophene rings is 1. The number of phenols is 1. The molecule has 1 atom stereocenters. The fourth-order valence-corrected chi connectivity index (χ4v) is 4.57. The molecule has 3 rings (SSSR count). The molecule has 1 unspecified atom stereocenters. The first-order valence-corrected chi connectivity index (χ1v) is 9.40. The minimum absolute atomic E-state index is 0.0182. The number of nitrogens with one attached hydrogen (secondary N) is 1. The summed E-state index contributed by atoms with van der Waals surface area (Å²) in [7, 11) is 0. The van der Waals surface area contributed by atoms with E-state index in [0.717, 1.165) is 24.8 Å². The number of carbonyl (C=O) groups is 1. The minimum Gasteiger partial charge on any atom is -0.506 e. The fourth-order valence-electron chi connectivity index (χ4n) is 3.24. The minimum atomic E-state index is -0.181. The van der Waals surface area contributed by atoms with Gasteiger partial charge in [0.05, 0.1) is 11.3 Å². The molecule has 0 fully saturated rings. The van der Waals surface area contributed by atoms with Crippen molar-refractivity contribution in [2.45, 2.75) is 40.0 Å². The van der Waals surface area contributed by atoms with Crippen LogP contribution in [0, 0.1) is 11.3 Å². The third-order valence-electron chi connectivity index (χ3n) is 4.83. The Morgan fingerprint density at radius 3 is 2.83 bits per heavy atom. The second-order valence-electron chi connectivity index (χ2n) is 7.47. The summed E-state index contributed by atoms with van der Waals surface area (Å²) in [5, 5.41) is 15.1. The molecule has 0 saturated heterocycles. The number of carbonyl (C=O) groups excluding carboxylic acids is 1. The number of hydrogen-bond acceptors (Lipinski definition) is 3. The van der Waals surface area contributed by atoms with Crippen molar-refractivity contribution in [1.29, 1.82) is 0 Å². The van der Waals surface area contributed by atoms with E-state index in [4.69, 9.17) is 11.6 Å². The van der Waals surface area contributed by atoms with E-state index >= 15 is 0 Å². The SMILES string of the molecule is CC(C)(C)C1CCc2c(C(=O)Nc3cc(Cl)ccc3O)csc2C1. The Labute approximate surface area is 151 Å². The normalized spacial score (nSPS) is 17.4. The molecule has 1 aromatic heterocycles. The molecule has 24 heavy (non-hydrogen) atoms. The van der Waals surface area contributed by atoms with Crippen molar-refractivity contribution in [2.75, 3.05) is 5.32 Å². The first kappa shape index (κ1) is 17.3. The van der Waals surface area contributed by atoms with Crippen LogP contribution >= 0.6 is 22.9 Å². The highest BCUT2D eigenvalue weighted by Crippen LogP contribution is 2.40. The molecule has 2 aromatic rings. The van der Waals surface area contributed by atoms with Crippen LogP contribution in [0.15, 0.2) is 23.6 Å². The number of fused-ring (bicyclic) bond motifs is 1. The van der Waals surface area contributed by atoms with Gasteiger partial charge >= 0.3 is 0 Å². The first-order chi connectivity index (χ1) is 11.3. The molecule has 1 aliphatic rings. The predicted octanol–water partition coefficient (Wildman–Crippen LogP) is 5.51. The van der Waals surface area contributed by atoms with E-state index in [0.29, 0.717) is 16.6 Å². The monoisotopic (exact) mass is 363 g/mol. The van der Waals surface area contributed by atoms with Crippen LogP contribution in [0.5, 0.6) is 5.75 Å². The van der Waals surface area contributed by atoms with E-state index in [-0.39, 0.29) is 17.1 Å². The highest BCUT2D eigenvalue weighted by atomic mass is 35.5. The van der Waals surface area contributed by atoms with E-state index in [2.05, 4.69) is 26.1 Å². The van der Waals surface area contributed by atoms with E-state index in [9.17, 15) is 9.90 Å². The maximum absolute atomic E-state index is 12.6. The quantitative estimate of drug-likeness (QED) is 0.691. The average molecular weight is 364 g/mol. The van der Waals surface area contributed by atoms with Gasteiger partial charge in [0.2, 0.25) is 0 Å². The van der Waals surface area contributed by atoms with Crippen LogP contribution in [-0.4, -0.2) is 11.0 Å². The third-order valence-corrected chi connectivity index (χ3v) is 6.12. The molecular weight excluding hydrogens is 342 g/mol. The lowest BCUT2D eigenvalue weighted by Gasteiger charge is -2.34. The van der Waals surface area contributed by atoms with Crippen molar-refractivity contribution in [2.24, 2.45) is 11.3 Å². The summed E-state index contributed by atoms with van der Waals surface area (Å²) in [5.41, 5.74) is 2.52. The fraction of sp³-hybridized carbons (Fsp3) is 0.421. The van der Waals surface area contributed by atoms with Gasteiger partial charge in [-0.1, -0.05) is 32.4 Å². The summed E-state index contributed by atoms with van der Waals surface area (Å²) in [6.07, 6.45) is 3.08. The zero-order chi connectivity index (χ0) is 17.5. The number of phenolic OH excluding ortho intramolecular Hbond substituents is 1. The first-order valence-electron chi connectivity index (χ1n) is 8.15. The van der Waals surface area contributed by atoms with Gasteiger partial charge in [-0.25, -0.2) is 0 Å². The number of benzene rings is 1. The summed E-state index contributed by atoms with van der Waals surface area (Å²) in [5.74, 6) is 0.487. The molecular formula is C19H22ClNO2S. The van der Waals surface area contributed by atoms with Crippen LogP contribution in [0.25, 0.3) is 0 Å². The maximum Gasteiger partial charge on any atom is 0.256 e. The highest BCUT2D eigenvalue weighted by molar-refractivity contribution is 7.10. The Balaban J connectivity index is 1.81. The van der Waals surface area contributed by atoms with Crippen LogP contribution in [-0.2, 0) is 12.8 Å². The molecule has 2 N–H and O–H groups in total. The molecule has 1 aromatic carbocycles. The van der Waals surface area contributed by atoms with Gasteiger partial charge in [-0.15, -0.1) is 11.3 Å². The molecule has 0 spiro atoms. The van der Waals surface area contributed by atoms with Gasteiger partial charge in [-0.2, -0.15) is 0 Å². The zero-order valence-electron chi connectivity index (χ0n) is 14.1. The number of hydrogen-bond donors (Lipinski definition) is 2. The molecule has 0 aliphatic heterocycles. The van der Waals surface area contributed by atoms with Gasteiger partial charge in [0.25, 0.3) is 5.91 Å². The summed E-state index contributed by atoms with van der Waals surface area (Å²) in [6, 6.07) is 4.63. The Morgan fingerprint density at radius 2 is 2.12 bits per heavy atom. The molecule has 128 valence electrons. The third kappa shape index (κ3) is 3.45. The Hall–Kier alpha value is -1.52.